The van der Waals surface area contributed by atoms with Crippen LogP contribution >= 0.6 is 0 Å². The molecule has 0 saturated heterocycles. The standard InChI is InChI=1S/C23H24N4O/c1-15(2)25-20-7-4-16(5-8-20)18-13-22(26(3)14-18)23(28)27-11-10-17-12-19(24)6-9-21(17)27/h4-15,25H,24H2,1-3H3. The SMILES string of the molecule is CC(C)Nc1ccc(-c2cc(C(=O)n3ccc4cc(N)ccc43)n(C)c2)cc1. The summed E-state index contributed by atoms with van der Waals surface area (Å²) in [7, 11) is 1.90. The Bertz CT molecular complexity index is 1150. The summed E-state index contributed by atoms with van der Waals surface area (Å²) in [5.41, 5.74) is 11.2. The maximum Gasteiger partial charge on any atom is 0.278 e. The van der Waals surface area contributed by atoms with Gasteiger partial charge in [-0.25, -0.2) is 0 Å². The fourth-order valence-corrected chi connectivity index (χ4v) is 3.49. The van der Waals surface area contributed by atoms with Gasteiger partial charge in [0, 0.05) is 47.8 Å². The molecule has 3 N–H and O–H groups in total. The molecule has 0 spiro atoms. The fraction of sp³-hybridized carbons (Fsp3) is 0.174. The lowest BCUT2D eigenvalue weighted by Gasteiger charge is -2.10. The minimum Gasteiger partial charge on any atom is -0.399 e. The predicted octanol–water partition coefficient (Wildman–Crippen LogP) is 4.74. The summed E-state index contributed by atoms with van der Waals surface area (Å²) in [6.45, 7) is 4.23. The van der Waals surface area contributed by atoms with Gasteiger partial charge in [0.2, 0.25) is 0 Å². The molecule has 0 unspecified atom stereocenters. The topological polar surface area (TPSA) is 65.0 Å². The van der Waals surface area contributed by atoms with Crippen molar-refractivity contribution >= 4 is 28.2 Å². The first-order chi connectivity index (χ1) is 13.4. The number of nitrogens with two attached hydrogens (primary N) is 1. The van der Waals surface area contributed by atoms with Crippen LogP contribution in [0.2, 0.25) is 0 Å². The minimum absolute atomic E-state index is 0.0633. The molecule has 0 fully saturated rings. The van der Waals surface area contributed by atoms with Crippen molar-refractivity contribution in [1.82, 2.24) is 9.13 Å². The van der Waals surface area contributed by atoms with Crippen LogP contribution < -0.4 is 11.1 Å². The van der Waals surface area contributed by atoms with Gasteiger partial charge in [0.05, 0.1) is 5.52 Å². The molecule has 142 valence electrons. The first-order valence-corrected chi connectivity index (χ1v) is 9.37. The van der Waals surface area contributed by atoms with Gasteiger partial charge < -0.3 is 15.6 Å². The Balaban J connectivity index is 1.66. The Morgan fingerprint density at radius 2 is 1.75 bits per heavy atom. The van der Waals surface area contributed by atoms with E-state index in [-0.39, 0.29) is 5.91 Å². The molecule has 0 aliphatic heterocycles. The second-order valence-corrected chi connectivity index (χ2v) is 7.41. The van der Waals surface area contributed by atoms with E-state index in [1.807, 2.05) is 48.1 Å². The van der Waals surface area contributed by atoms with Crippen LogP contribution in [0.25, 0.3) is 22.0 Å². The van der Waals surface area contributed by atoms with Crippen molar-refractivity contribution in [3.8, 4) is 11.1 Å². The highest BCUT2D eigenvalue weighted by atomic mass is 16.2. The zero-order chi connectivity index (χ0) is 19.8. The van der Waals surface area contributed by atoms with Gasteiger partial charge in [-0.15, -0.1) is 0 Å². The van der Waals surface area contributed by atoms with Crippen molar-refractivity contribution in [3.63, 3.8) is 0 Å². The lowest BCUT2D eigenvalue weighted by atomic mass is 10.1. The number of carbonyl (C=O) groups is 1. The van der Waals surface area contributed by atoms with Gasteiger partial charge in [-0.2, -0.15) is 0 Å². The number of nitrogen functional groups attached to an aromatic ring is 1. The number of fused-ring (bicyclic) bond motifs is 1. The molecule has 2 aromatic carbocycles. The highest BCUT2D eigenvalue weighted by molar-refractivity contribution is 6.02. The number of carbonyl (C=O) groups excluding carboxylic acids is 1. The predicted molar refractivity (Wildman–Crippen MR) is 116 cm³/mol. The lowest BCUT2D eigenvalue weighted by Crippen LogP contribution is -2.14. The first kappa shape index (κ1) is 17.9. The number of aromatic nitrogens is 2. The van der Waals surface area contributed by atoms with Crippen LogP contribution in [0.1, 0.15) is 24.3 Å². The largest absolute Gasteiger partial charge is 0.399 e. The maximum absolute atomic E-state index is 13.1. The number of benzene rings is 2. The normalized spacial score (nSPS) is 11.3. The van der Waals surface area contributed by atoms with Crippen LogP contribution in [0.5, 0.6) is 0 Å². The van der Waals surface area contributed by atoms with E-state index in [1.165, 1.54) is 0 Å². The van der Waals surface area contributed by atoms with E-state index in [2.05, 4.69) is 43.4 Å². The molecule has 0 saturated carbocycles. The molecule has 5 heteroatoms. The molecule has 5 nitrogen and oxygen atoms in total. The van der Waals surface area contributed by atoms with Gasteiger partial charge in [0.25, 0.3) is 5.91 Å². The molecule has 0 aliphatic rings. The lowest BCUT2D eigenvalue weighted by molar-refractivity contribution is 0.0957. The number of aryl methyl sites for hydroxylation is 1. The Morgan fingerprint density at radius 1 is 1.00 bits per heavy atom. The summed E-state index contributed by atoms with van der Waals surface area (Å²) in [6, 6.07) is 18.1. The molecule has 4 rings (SSSR count). The Hall–Kier alpha value is -3.47. The zero-order valence-electron chi connectivity index (χ0n) is 16.3. The van der Waals surface area contributed by atoms with Crippen molar-refractivity contribution in [2.45, 2.75) is 19.9 Å². The smallest absolute Gasteiger partial charge is 0.278 e. The van der Waals surface area contributed by atoms with Crippen molar-refractivity contribution in [1.29, 1.82) is 0 Å². The summed E-state index contributed by atoms with van der Waals surface area (Å²) in [5, 5.41) is 4.34. The van der Waals surface area contributed by atoms with Gasteiger partial charge in [0.15, 0.2) is 0 Å². The molecule has 0 bridgehead atoms. The molecule has 0 amide bonds. The Morgan fingerprint density at radius 3 is 2.46 bits per heavy atom. The van der Waals surface area contributed by atoms with Gasteiger partial charge >= 0.3 is 0 Å². The van der Waals surface area contributed by atoms with Crippen molar-refractivity contribution in [2.75, 3.05) is 11.1 Å². The fourth-order valence-electron chi connectivity index (χ4n) is 3.49. The number of anilines is 2. The Labute approximate surface area is 164 Å². The van der Waals surface area contributed by atoms with Crippen LogP contribution in [0.4, 0.5) is 11.4 Å². The van der Waals surface area contributed by atoms with Gasteiger partial charge in [0.1, 0.15) is 5.69 Å². The zero-order valence-corrected chi connectivity index (χ0v) is 16.3. The number of hydrogen-bond donors (Lipinski definition) is 2. The van der Waals surface area contributed by atoms with Gasteiger partial charge in [-0.3, -0.25) is 9.36 Å². The van der Waals surface area contributed by atoms with Gasteiger partial charge in [-0.05, 0) is 61.9 Å². The quantitative estimate of drug-likeness (QED) is 0.509. The first-order valence-electron chi connectivity index (χ1n) is 9.37. The van der Waals surface area contributed by atoms with Crippen molar-refractivity contribution in [3.05, 3.63) is 72.7 Å². The Kier molecular flexibility index (Phi) is 4.43. The van der Waals surface area contributed by atoms with E-state index in [9.17, 15) is 4.79 Å². The summed E-state index contributed by atoms with van der Waals surface area (Å²) in [6.07, 6.45) is 3.79. The van der Waals surface area contributed by atoms with Crippen LogP contribution in [0.15, 0.2) is 67.0 Å². The van der Waals surface area contributed by atoms with Crippen LogP contribution in [-0.2, 0) is 7.05 Å². The highest BCUT2D eigenvalue weighted by Gasteiger charge is 2.16. The van der Waals surface area contributed by atoms with E-state index in [4.69, 9.17) is 5.73 Å². The van der Waals surface area contributed by atoms with E-state index in [1.54, 1.807) is 10.8 Å². The van der Waals surface area contributed by atoms with Crippen molar-refractivity contribution < 1.29 is 4.79 Å². The second-order valence-electron chi connectivity index (χ2n) is 7.41. The molecule has 28 heavy (non-hydrogen) atoms. The number of nitrogens with one attached hydrogen (secondary N) is 1. The maximum atomic E-state index is 13.1. The molecule has 0 aliphatic carbocycles. The molecule has 0 atom stereocenters. The molecular formula is C23H24N4O. The highest BCUT2D eigenvalue weighted by Crippen LogP contribution is 2.26. The number of hydrogen-bond acceptors (Lipinski definition) is 3. The van der Waals surface area contributed by atoms with Crippen molar-refractivity contribution in [2.24, 2.45) is 7.05 Å². The van der Waals surface area contributed by atoms with E-state index in [0.717, 1.165) is 27.7 Å². The molecular weight excluding hydrogens is 348 g/mol. The van der Waals surface area contributed by atoms with E-state index >= 15 is 0 Å². The van der Waals surface area contributed by atoms with E-state index < -0.39 is 0 Å². The third-order valence-corrected chi connectivity index (χ3v) is 4.83. The van der Waals surface area contributed by atoms with Crippen LogP contribution in [0.3, 0.4) is 0 Å². The molecule has 2 heterocycles. The monoisotopic (exact) mass is 372 g/mol. The third kappa shape index (κ3) is 3.27. The third-order valence-electron chi connectivity index (χ3n) is 4.83. The van der Waals surface area contributed by atoms with Gasteiger partial charge in [-0.1, -0.05) is 12.1 Å². The number of rotatable bonds is 4. The summed E-state index contributed by atoms with van der Waals surface area (Å²) < 4.78 is 3.55. The summed E-state index contributed by atoms with van der Waals surface area (Å²) in [4.78, 5) is 13.1. The average molecular weight is 372 g/mol. The minimum atomic E-state index is -0.0633. The number of nitrogens with zero attached hydrogens (tertiary/aromatic N) is 2. The molecule has 2 aromatic heterocycles. The average Bonchev–Trinajstić information content (AvgIpc) is 3.24. The van der Waals surface area contributed by atoms with Crippen LogP contribution in [0, 0.1) is 0 Å². The van der Waals surface area contributed by atoms with E-state index in [0.29, 0.717) is 17.4 Å². The summed E-state index contributed by atoms with van der Waals surface area (Å²) >= 11 is 0. The summed E-state index contributed by atoms with van der Waals surface area (Å²) in [5.74, 6) is -0.0633. The molecule has 0 radical (unpaired) electrons. The second kappa shape index (κ2) is 6.93. The molecule has 4 aromatic rings. The van der Waals surface area contributed by atoms with Crippen LogP contribution in [-0.4, -0.2) is 21.1 Å².